The van der Waals surface area contributed by atoms with Crippen LogP contribution in [0, 0.1) is 33.6 Å². The fourth-order valence-corrected chi connectivity index (χ4v) is 6.39. The summed E-state index contributed by atoms with van der Waals surface area (Å²) >= 11 is 1.90. The molecule has 4 rings (SSSR count). The molecule has 2 heterocycles. The molecule has 204 valence electrons. The first-order chi connectivity index (χ1) is 17.9. The highest BCUT2D eigenvalue weighted by Crippen LogP contribution is 2.53. The average molecular weight is 532 g/mol. The van der Waals surface area contributed by atoms with Crippen molar-refractivity contribution in [1.82, 2.24) is 0 Å². The number of thiophene rings is 1. The topological polar surface area (TPSA) is 32.7 Å². The SMILES string of the molecule is C#C.C=CCc1c(C)c2c(c(C)c1-c1ccc(C)cc1)-c1cc(COC)sc1C(C)N2CC.CC(C)(C)O. The third-order valence-corrected chi connectivity index (χ3v) is 7.91. The zero-order valence-corrected chi connectivity index (χ0v) is 25.6. The van der Waals surface area contributed by atoms with E-state index in [1.54, 1.807) is 27.9 Å². The minimum atomic E-state index is -0.500. The lowest BCUT2D eigenvalue weighted by molar-refractivity contribution is 0.102. The van der Waals surface area contributed by atoms with E-state index in [9.17, 15) is 0 Å². The second-order valence-electron chi connectivity index (χ2n) is 10.7. The third-order valence-electron chi connectivity index (χ3n) is 6.63. The predicted octanol–water partition coefficient (Wildman–Crippen LogP) is 8.81. The molecule has 1 atom stereocenters. The summed E-state index contributed by atoms with van der Waals surface area (Å²) in [5, 5.41) is 8.52. The van der Waals surface area contributed by atoms with Crippen LogP contribution in [0.3, 0.4) is 0 Å². The Morgan fingerprint density at radius 3 is 2.16 bits per heavy atom. The van der Waals surface area contributed by atoms with Crippen molar-refractivity contribution in [2.45, 2.75) is 80.1 Å². The molecule has 0 aliphatic carbocycles. The van der Waals surface area contributed by atoms with E-state index in [4.69, 9.17) is 9.84 Å². The van der Waals surface area contributed by atoms with Gasteiger partial charge in [-0.1, -0.05) is 35.9 Å². The van der Waals surface area contributed by atoms with E-state index in [1.807, 2.05) is 17.4 Å². The number of terminal acetylenes is 1. The van der Waals surface area contributed by atoms with Gasteiger partial charge in [-0.05, 0) is 95.7 Å². The van der Waals surface area contributed by atoms with Crippen LogP contribution in [0.15, 0.2) is 43.0 Å². The van der Waals surface area contributed by atoms with Crippen LogP contribution in [-0.4, -0.2) is 24.4 Å². The van der Waals surface area contributed by atoms with Crippen LogP contribution in [0.1, 0.15) is 72.7 Å². The van der Waals surface area contributed by atoms with Crippen molar-refractivity contribution in [1.29, 1.82) is 0 Å². The maximum Gasteiger partial charge on any atom is 0.0805 e. The predicted molar refractivity (Wildman–Crippen MR) is 167 cm³/mol. The van der Waals surface area contributed by atoms with Gasteiger partial charge >= 0.3 is 0 Å². The fraction of sp³-hybridized carbons (Fsp3) is 0.412. The smallest absolute Gasteiger partial charge is 0.0805 e. The molecule has 1 N–H and O–H groups in total. The molecular formula is C34H45NO2S. The first kappa shape index (κ1) is 31.4. The number of fused-ring (bicyclic) bond motifs is 3. The molecule has 4 heteroatoms. The van der Waals surface area contributed by atoms with Crippen molar-refractivity contribution in [3.63, 3.8) is 0 Å². The van der Waals surface area contributed by atoms with E-state index >= 15 is 0 Å². The second kappa shape index (κ2) is 13.3. The summed E-state index contributed by atoms with van der Waals surface area (Å²) in [6, 6.07) is 11.7. The highest BCUT2D eigenvalue weighted by Gasteiger charge is 2.34. The number of aryl methyl sites for hydroxylation is 1. The monoisotopic (exact) mass is 531 g/mol. The number of benzene rings is 2. The van der Waals surface area contributed by atoms with Gasteiger partial charge in [-0.2, -0.15) is 0 Å². The molecule has 0 spiro atoms. The number of hydrogen-bond donors (Lipinski definition) is 1. The summed E-state index contributed by atoms with van der Waals surface area (Å²) in [6.07, 6.45) is 10.9. The van der Waals surface area contributed by atoms with Gasteiger partial charge in [0.1, 0.15) is 0 Å². The van der Waals surface area contributed by atoms with Crippen molar-refractivity contribution in [2.75, 3.05) is 18.6 Å². The molecule has 0 fully saturated rings. The first-order valence-corrected chi connectivity index (χ1v) is 14.0. The van der Waals surface area contributed by atoms with Gasteiger partial charge in [0, 0.05) is 40.2 Å². The molecule has 1 aliphatic heterocycles. The maximum atomic E-state index is 8.52. The molecule has 3 aromatic rings. The van der Waals surface area contributed by atoms with Crippen LogP contribution in [-0.2, 0) is 17.8 Å². The summed E-state index contributed by atoms with van der Waals surface area (Å²) in [4.78, 5) is 5.33. The standard InChI is InChI=1S/C28H33NOS.C4H10O.C2H2/c1-8-10-23-18(4)27-26(19(5)25(23)21-13-11-17(3)12-14-21)24-15-22(16-30-7)31-28(24)20(6)29(27)9-2;1-4(2,3)5;1-2/h8,11-15,20H,1,9-10,16H2,2-7H3;5H,1-3H3;1-2H. The van der Waals surface area contributed by atoms with Crippen molar-refractivity contribution in [3.8, 4) is 35.1 Å². The van der Waals surface area contributed by atoms with Crippen LogP contribution in [0.25, 0.3) is 22.3 Å². The molecule has 0 bridgehead atoms. The van der Waals surface area contributed by atoms with E-state index in [0.717, 1.165) is 13.0 Å². The van der Waals surface area contributed by atoms with E-state index in [0.29, 0.717) is 12.6 Å². The zero-order valence-electron chi connectivity index (χ0n) is 24.7. The van der Waals surface area contributed by atoms with Crippen LogP contribution in [0.4, 0.5) is 5.69 Å². The number of nitrogens with zero attached hydrogens (tertiary/aromatic N) is 1. The van der Waals surface area contributed by atoms with Crippen LogP contribution in [0.2, 0.25) is 0 Å². The van der Waals surface area contributed by atoms with Crippen LogP contribution >= 0.6 is 11.3 Å². The summed E-state index contributed by atoms with van der Waals surface area (Å²) in [5.41, 5.74) is 11.8. The van der Waals surface area contributed by atoms with Gasteiger partial charge in [-0.15, -0.1) is 30.8 Å². The van der Waals surface area contributed by atoms with Crippen LogP contribution in [0.5, 0.6) is 0 Å². The van der Waals surface area contributed by atoms with Crippen molar-refractivity contribution < 1.29 is 9.84 Å². The molecular weight excluding hydrogens is 486 g/mol. The molecule has 0 saturated heterocycles. The van der Waals surface area contributed by atoms with E-state index < -0.39 is 5.60 Å². The normalized spacial score (nSPS) is 13.9. The van der Waals surface area contributed by atoms with Gasteiger partial charge < -0.3 is 14.7 Å². The minimum Gasteiger partial charge on any atom is -0.391 e. The first-order valence-electron chi connectivity index (χ1n) is 13.2. The van der Waals surface area contributed by atoms with Crippen molar-refractivity contribution in [3.05, 3.63) is 75.0 Å². The quantitative estimate of drug-likeness (QED) is 0.255. The zero-order chi connectivity index (χ0) is 28.8. The Bertz CT molecular complexity index is 1250. The lowest BCUT2D eigenvalue weighted by atomic mass is 9.80. The van der Waals surface area contributed by atoms with Gasteiger partial charge in [0.2, 0.25) is 0 Å². The van der Waals surface area contributed by atoms with Gasteiger partial charge in [-0.25, -0.2) is 0 Å². The Morgan fingerprint density at radius 1 is 1.08 bits per heavy atom. The Balaban J connectivity index is 0.000000651. The number of hydrogen-bond acceptors (Lipinski definition) is 4. The highest BCUT2D eigenvalue weighted by atomic mass is 32.1. The largest absolute Gasteiger partial charge is 0.391 e. The summed E-state index contributed by atoms with van der Waals surface area (Å²) in [6.45, 7) is 22.3. The van der Waals surface area contributed by atoms with Gasteiger partial charge in [0.25, 0.3) is 0 Å². The Morgan fingerprint density at radius 2 is 1.66 bits per heavy atom. The summed E-state index contributed by atoms with van der Waals surface area (Å²) in [7, 11) is 1.78. The molecule has 1 aromatic heterocycles. The van der Waals surface area contributed by atoms with Crippen molar-refractivity contribution >= 4 is 17.0 Å². The molecule has 2 aromatic carbocycles. The second-order valence-corrected chi connectivity index (χ2v) is 11.9. The Kier molecular flexibility index (Phi) is 11.0. The molecule has 1 aliphatic rings. The molecule has 0 amide bonds. The fourth-order valence-electron chi connectivity index (χ4n) is 5.19. The number of anilines is 1. The van der Waals surface area contributed by atoms with Crippen molar-refractivity contribution in [2.24, 2.45) is 0 Å². The molecule has 0 saturated carbocycles. The van der Waals surface area contributed by atoms with E-state index in [2.05, 4.69) is 89.3 Å². The third kappa shape index (κ3) is 6.77. The average Bonchev–Trinajstić information content (AvgIpc) is 3.28. The molecule has 1 unspecified atom stereocenters. The molecule has 0 radical (unpaired) electrons. The minimum absolute atomic E-state index is 0.364. The van der Waals surface area contributed by atoms with E-state index in [-0.39, 0.29) is 0 Å². The summed E-state index contributed by atoms with van der Waals surface area (Å²) < 4.78 is 5.48. The highest BCUT2D eigenvalue weighted by molar-refractivity contribution is 7.12. The lowest BCUT2D eigenvalue weighted by Gasteiger charge is -2.39. The number of allylic oxidation sites excluding steroid dienone is 1. The number of rotatable bonds is 6. The summed E-state index contributed by atoms with van der Waals surface area (Å²) in [5.74, 6) is 0. The Labute approximate surface area is 235 Å². The van der Waals surface area contributed by atoms with Gasteiger partial charge in [0.15, 0.2) is 0 Å². The van der Waals surface area contributed by atoms with Gasteiger partial charge in [0.05, 0.1) is 18.2 Å². The number of ether oxygens (including phenoxy) is 1. The Hall–Kier alpha value is -2.84. The van der Waals surface area contributed by atoms with Crippen LogP contribution < -0.4 is 4.90 Å². The van der Waals surface area contributed by atoms with Gasteiger partial charge in [-0.3, -0.25) is 0 Å². The number of aliphatic hydroxyl groups is 1. The van der Waals surface area contributed by atoms with E-state index in [1.165, 1.54) is 59.9 Å². The molecule has 38 heavy (non-hydrogen) atoms. The molecule has 3 nitrogen and oxygen atoms in total. The maximum absolute atomic E-state index is 8.52. The lowest BCUT2D eigenvalue weighted by Crippen LogP contribution is -2.31. The number of methoxy groups -OCH3 is 1.